The van der Waals surface area contributed by atoms with Gasteiger partial charge in [-0.25, -0.2) is 0 Å². The van der Waals surface area contributed by atoms with Gasteiger partial charge in [0, 0.05) is 45.7 Å². The van der Waals surface area contributed by atoms with Crippen LogP contribution in [0.3, 0.4) is 0 Å². The third-order valence-electron chi connectivity index (χ3n) is 11.8. The molecule has 0 aromatic heterocycles. The second kappa shape index (κ2) is 16.2. The number of rotatable bonds is 14. The van der Waals surface area contributed by atoms with E-state index >= 15 is 0 Å². The molecule has 1 heterocycles. The monoisotopic (exact) mass is 770 g/mol. The molecule has 4 N–H and O–H groups in total. The Hall–Kier alpha value is -2.54. The first-order valence-electron chi connectivity index (χ1n) is 18.5. The molecule has 9 atom stereocenters. The molecule has 2 aromatic carbocycles. The van der Waals surface area contributed by atoms with E-state index in [0.29, 0.717) is 35.0 Å². The van der Waals surface area contributed by atoms with Gasteiger partial charge < -0.3 is 30.5 Å². The number of nitrogens with one attached hydrogen (secondary N) is 2. The van der Waals surface area contributed by atoms with E-state index in [1.54, 1.807) is 19.1 Å². The van der Waals surface area contributed by atoms with Crippen molar-refractivity contribution in [2.75, 3.05) is 34.4 Å². The molecule has 6 rings (SSSR count). The SMILES string of the molecule is COc1c(CN2O[C@@H](CO)[C@@H]([C@H](C)O)[C@H]2C(=O)N[C@H]2CC3C[C@@H]([C@@H]2C)C3(C)C)cccc1-c1cc(Br)cc(C(=O)N[C@@H](CC(C)C)CN(C)C)c1. The van der Waals surface area contributed by atoms with E-state index in [1.807, 2.05) is 50.5 Å². The van der Waals surface area contributed by atoms with Crippen molar-refractivity contribution in [3.05, 3.63) is 52.0 Å². The maximum atomic E-state index is 14.2. The molecule has 282 valence electrons. The fourth-order valence-corrected chi connectivity index (χ4v) is 9.66. The number of carbonyl (C=O) groups is 2. The first-order chi connectivity index (χ1) is 24.0. The highest BCUT2D eigenvalue weighted by atomic mass is 79.9. The summed E-state index contributed by atoms with van der Waals surface area (Å²) in [5.74, 6) is 1.52. The van der Waals surface area contributed by atoms with Crippen LogP contribution in [0, 0.1) is 35.0 Å². The Morgan fingerprint density at radius 1 is 1.16 bits per heavy atom. The molecule has 0 radical (unpaired) electrons. The van der Waals surface area contributed by atoms with Crippen molar-refractivity contribution in [3.8, 4) is 16.9 Å². The summed E-state index contributed by atoms with van der Waals surface area (Å²) in [6, 6.07) is 10.7. The standard InChI is InChI=1S/C40H59BrN4O6/c1-22(2)13-30(20-44(7)8)42-38(48)27-14-26(15-29(41)16-27)31-12-10-11-25(37(31)50-9)19-45-36(35(24(4)47)34(21-46)51-45)39(49)43-33-18-28-17-32(23(33)3)40(28,5)6/h10-12,14-16,22-24,28,30,32-36,46-47H,13,17-21H2,1-9H3,(H,42,48)(H,43,49)/t23-,24-,28?,30-,32-,33-,34-,35+,36-/m0/s1. The summed E-state index contributed by atoms with van der Waals surface area (Å²) in [4.78, 5) is 36.1. The summed E-state index contributed by atoms with van der Waals surface area (Å²) in [7, 11) is 5.62. The van der Waals surface area contributed by atoms with Gasteiger partial charge in [0.1, 0.15) is 17.9 Å². The molecule has 1 aliphatic heterocycles. The fraction of sp³-hybridized carbons (Fsp3) is 0.650. The summed E-state index contributed by atoms with van der Waals surface area (Å²) < 4.78 is 6.78. The lowest BCUT2D eigenvalue weighted by atomic mass is 9.45. The molecule has 4 aliphatic rings. The van der Waals surface area contributed by atoms with Crippen LogP contribution < -0.4 is 15.4 Å². The molecule has 10 nitrogen and oxygen atoms in total. The number of aliphatic hydroxyl groups excluding tert-OH is 2. The predicted molar refractivity (Wildman–Crippen MR) is 203 cm³/mol. The van der Waals surface area contributed by atoms with Crippen LogP contribution in [0.4, 0.5) is 0 Å². The lowest BCUT2D eigenvalue weighted by Gasteiger charge is -2.62. The summed E-state index contributed by atoms with van der Waals surface area (Å²) in [5, 5.41) is 29.4. The quantitative estimate of drug-likeness (QED) is 0.199. The number of benzene rings is 2. The van der Waals surface area contributed by atoms with E-state index in [2.05, 4.69) is 66.1 Å². The first-order valence-corrected chi connectivity index (χ1v) is 19.3. The lowest BCUT2D eigenvalue weighted by molar-refractivity contribution is -0.183. The van der Waals surface area contributed by atoms with Crippen LogP contribution in [0.15, 0.2) is 40.9 Å². The van der Waals surface area contributed by atoms with Crippen LogP contribution in [-0.4, -0.2) is 96.7 Å². The Kier molecular flexibility index (Phi) is 12.6. The van der Waals surface area contributed by atoms with Gasteiger partial charge in [0.05, 0.1) is 26.4 Å². The van der Waals surface area contributed by atoms with Crippen molar-refractivity contribution >= 4 is 27.7 Å². The van der Waals surface area contributed by atoms with E-state index in [9.17, 15) is 19.8 Å². The Morgan fingerprint density at radius 3 is 2.47 bits per heavy atom. The number of halogens is 1. The lowest BCUT2D eigenvalue weighted by Crippen LogP contribution is -2.62. The number of hydroxylamine groups is 2. The zero-order chi connectivity index (χ0) is 37.4. The minimum atomic E-state index is -0.892. The maximum Gasteiger partial charge on any atom is 0.251 e. The highest BCUT2D eigenvalue weighted by Crippen LogP contribution is 2.61. The molecule has 2 bridgehead atoms. The minimum Gasteiger partial charge on any atom is -0.496 e. The van der Waals surface area contributed by atoms with Crippen molar-refractivity contribution in [2.24, 2.45) is 35.0 Å². The van der Waals surface area contributed by atoms with Gasteiger partial charge in [-0.3, -0.25) is 14.4 Å². The number of hydrogen-bond acceptors (Lipinski definition) is 8. The van der Waals surface area contributed by atoms with E-state index in [-0.39, 0.29) is 42.5 Å². The smallest absolute Gasteiger partial charge is 0.251 e. The summed E-state index contributed by atoms with van der Waals surface area (Å²) in [5.41, 5.74) is 3.15. The number of methoxy groups -OCH3 is 1. The number of amides is 2. The summed E-state index contributed by atoms with van der Waals surface area (Å²) in [6.07, 6.45) is 1.37. The summed E-state index contributed by atoms with van der Waals surface area (Å²) in [6.45, 7) is 13.4. The van der Waals surface area contributed by atoms with Gasteiger partial charge in [-0.15, -0.1) is 0 Å². The Balaban J connectivity index is 1.41. The molecular formula is C40H59BrN4O6. The van der Waals surface area contributed by atoms with Crippen LogP contribution >= 0.6 is 15.9 Å². The van der Waals surface area contributed by atoms with Crippen LogP contribution in [0.2, 0.25) is 0 Å². The van der Waals surface area contributed by atoms with Gasteiger partial charge in [0.2, 0.25) is 5.91 Å². The minimum absolute atomic E-state index is 0.00507. The maximum absolute atomic E-state index is 14.2. The van der Waals surface area contributed by atoms with Crippen molar-refractivity contribution < 1.29 is 29.4 Å². The van der Waals surface area contributed by atoms with E-state index in [0.717, 1.165) is 40.5 Å². The van der Waals surface area contributed by atoms with Crippen LogP contribution in [0.25, 0.3) is 11.1 Å². The Labute approximate surface area is 312 Å². The third-order valence-corrected chi connectivity index (χ3v) is 12.3. The second-order valence-corrected chi connectivity index (χ2v) is 17.4. The average Bonchev–Trinajstić information content (AvgIpc) is 3.43. The van der Waals surface area contributed by atoms with Crippen molar-refractivity contribution in [2.45, 2.75) is 97.7 Å². The number of hydrogen-bond donors (Lipinski definition) is 4. The molecule has 3 aliphatic carbocycles. The molecule has 4 fully saturated rings. The number of para-hydroxylation sites is 1. The molecule has 2 amide bonds. The van der Waals surface area contributed by atoms with Gasteiger partial charge in [-0.05, 0) is 93.1 Å². The number of likely N-dealkylation sites (N-methyl/N-ethyl adjacent to an activating group) is 1. The molecule has 0 spiro atoms. The molecule has 2 aromatic rings. The number of ether oxygens (including phenoxy) is 1. The number of aliphatic hydroxyl groups is 2. The second-order valence-electron chi connectivity index (χ2n) is 16.5. The van der Waals surface area contributed by atoms with Gasteiger partial charge in [0.25, 0.3) is 5.91 Å². The van der Waals surface area contributed by atoms with Gasteiger partial charge >= 0.3 is 0 Å². The molecule has 51 heavy (non-hydrogen) atoms. The number of carbonyl (C=O) groups excluding carboxylic acids is 2. The molecule has 3 saturated carbocycles. The fourth-order valence-electron chi connectivity index (χ4n) is 9.16. The summed E-state index contributed by atoms with van der Waals surface area (Å²) >= 11 is 3.63. The molecule has 1 unspecified atom stereocenters. The van der Waals surface area contributed by atoms with Gasteiger partial charge in [-0.2, -0.15) is 5.06 Å². The van der Waals surface area contributed by atoms with Crippen LogP contribution in [-0.2, 0) is 16.2 Å². The molecule has 1 saturated heterocycles. The van der Waals surface area contributed by atoms with E-state index < -0.39 is 24.2 Å². The van der Waals surface area contributed by atoms with Gasteiger partial charge in [-0.1, -0.05) is 68.7 Å². The van der Waals surface area contributed by atoms with Crippen LogP contribution in [0.1, 0.15) is 76.7 Å². The van der Waals surface area contributed by atoms with Gasteiger partial charge in [0.15, 0.2) is 0 Å². The average molecular weight is 772 g/mol. The largest absolute Gasteiger partial charge is 0.496 e. The topological polar surface area (TPSA) is 124 Å². The molecular weight excluding hydrogens is 712 g/mol. The highest BCUT2D eigenvalue weighted by Gasteiger charge is 2.57. The van der Waals surface area contributed by atoms with Crippen molar-refractivity contribution in [3.63, 3.8) is 0 Å². The third kappa shape index (κ3) is 8.49. The highest BCUT2D eigenvalue weighted by molar-refractivity contribution is 9.10. The number of fused-ring (bicyclic) bond motifs is 2. The predicted octanol–water partition coefficient (Wildman–Crippen LogP) is 5.49. The normalized spacial score (nSPS) is 28.3. The Bertz CT molecular complexity index is 1540. The molecule has 11 heteroatoms. The number of nitrogens with zero attached hydrogens (tertiary/aromatic N) is 2. The zero-order valence-electron chi connectivity index (χ0n) is 31.8. The van der Waals surface area contributed by atoms with Crippen molar-refractivity contribution in [1.82, 2.24) is 20.6 Å². The van der Waals surface area contributed by atoms with E-state index in [4.69, 9.17) is 9.57 Å². The Morgan fingerprint density at radius 2 is 1.88 bits per heavy atom. The first kappa shape index (κ1) is 39.7. The van der Waals surface area contributed by atoms with Crippen molar-refractivity contribution in [1.29, 1.82) is 0 Å². The van der Waals surface area contributed by atoms with E-state index in [1.165, 1.54) is 6.42 Å². The van der Waals surface area contributed by atoms with Crippen LogP contribution in [0.5, 0.6) is 5.75 Å². The zero-order valence-corrected chi connectivity index (χ0v) is 33.4.